The van der Waals surface area contributed by atoms with Gasteiger partial charge in [0.2, 0.25) is 10.0 Å². The SMILES string of the molecule is CN(CC1CCC1)S(=O)(=O)c1cc(F)c(Cl)c(CN)c1. The summed E-state index contributed by atoms with van der Waals surface area (Å²) in [7, 11) is -2.19. The minimum absolute atomic E-state index is 0.00848. The molecule has 1 aliphatic rings. The Morgan fingerprint density at radius 1 is 1.45 bits per heavy atom. The lowest BCUT2D eigenvalue weighted by Crippen LogP contribution is -2.34. The van der Waals surface area contributed by atoms with Gasteiger partial charge in [0.1, 0.15) is 5.82 Å². The molecule has 0 aromatic heterocycles. The second kappa shape index (κ2) is 5.97. The first-order valence-electron chi connectivity index (χ1n) is 6.50. The van der Waals surface area contributed by atoms with E-state index in [9.17, 15) is 12.8 Å². The molecule has 2 rings (SSSR count). The molecular formula is C13H18ClFN2O2S. The fourth-order valence-electron chi connectivity index (χ4n) is 2.23. The highest BCUT2D eigenvalue weighted by Crippen LogP contribution is 2.30. The van der Waals surface area contributed by atoms with Crippen molar-refractivity contribution in [3.05, 3.63) is 28.5 Å². The zero-order valence-electron chi connectivity index (χ0n) is 11.3. The molecule has 0 heterocycles. The topological polar surface area (TPSA) is 63.4 Å². The molecule has 0 bridgehead atoms. The molecule has 112 valence electrons. The predicted octanol–water partition coefficient (Wildman–Crippen LogP) is 2.36. The summed E-state index contributed by atoms with van der Waals surface area (Å²) in [6, 6.07) is 2.30. The standard InChI is InChI=1S/C13H18ClFN2O2S/c1-17(8-9-3-2-4-9)20(18,19)11-5-10(7-16)13(14)12(15)6-11/h5-6,9H,2-4,7-8,16H2,1H3. The van der Waals surface area contributed by atoms with Crippen LogP contribution in [0.15, 0.2) is 17.0 Å². The van der Waals surface area contributed by atoms with Gasteiger partial charge < -0.3 is 5.73 Å². The van der Waals surface area contributed by atoms with E-state index in [4.69, 9.17) is 17.3 Å². The number of hydrogen-bond acceptors (Lipinski definition) is 3. The number of rotatable bonds is 5. The number of hydrogen-bond donors (Lipinski definition) is 1. The molecule has 1 aromatic carbocycles. The van der Waals surface area contributed by atoms with Gasteiger partial charge in [-0.1, -0.05) is 18.0 Å². The average molecular weight is 321 g/mol. The van der Waals surface area contributed by atoms with Crippen LogP contribution in [-0.4, -0.2) is 26.3 Å². The average Bonchev–Trinajstić information content (AvgIpc) is 2.36. The number of benzene rings is 1. The summed E-state index contributed by atoms with van der Waals surface area (Å²) in [4.78, 5) is -0.0957. The normalized spacial score (nSPS) is 16.4. The van der Waals surface area contributed by atoms with Crippen LogP contribution in [0.2, 0.25) is 5.02 Å². The maximum absolute atomic E-state index is 13.7. The van der Waals surface area contributed by atoms with Gasteiger partial charge in [-0.3, -0.25) is 0 Å². The molecule has 0 spiro atoms. The lowest BCUT2D eigenvalue weighted by atomic mass is 9.86. The van der Waals surface area contributed by atoms with E-state index in [-0.39, 0.29) is 16.5 Å². The van der Waals surface area contributed by atoms with Gasteiger partial charge in [-0.25, -0.2) is 17.1 Å². The molecule has 0 unspecified atom stereocenters. The number of nitrogens with two attached hydrogens (primary N) is 1. The molecule has 0 aliphatic heterocycles. The summed E-state index contributed by atoms with van der Waals surface area (Å²) in [6.45, 7) is 0.454. The minimum Gasteiger partial charge on any atom is -0.326 e. The summed E-state index contributed by atoms with van der Waals surface area (Å²) in [5.41, 5.74) is 5.75. The summed E-state index contributed by atoms with van der Waals surface area (Å²) in [6.07, 6.45) is 3.23. The molecule has 1 aromatic rings. The molecule has 0 saturated heterocycles. The van der Waals surface area contributed by atoms with Crippen LogP contribution in [0.4, 0.5) is 4.39 Å². The van der Waals surface area contributed by atoms with Crippen LogP contribution in [0.5, 0.6) is 0 Å². The largest absolute Gasteiger partial charge is 0.326 e. The second-order valence-corrected chi connectivity index (χ2v) is 7.59. The Labute approximate surface area is 123 Å². The Morgan fingerprint density at radius 3 is 2.60 bits per heavy atom. The van der Waals surface area contributed by atoms with Gasteiger partial charge in [0.05, 0.1) is 9.92 Å². The number of nitrogens with zero attached hydrogens (tertiary/aromatic N) is 1. The van der Waals surface area contributed by atoms with Crippen molar-refractivity contribution >= 4 is 21.6 Å². The summed E-state index contributed by atoms with van der Waals surface area (Å²) in [5, 5.41) is -0.118. The Hall–Kier alpha value is -0.690. The van der Waals surface area contributed by atoms with Gasteiger partial charge in [-0.15, -0.1) is 0 Å². The van der Waals surface area contributed by atoms with Crippen LogP contribution in [-0.2, 0) is 16.6 Å². The highest BCUT2D eigenvalue weighted by molar-refractivity contribution is 7.89. The molecule has 2 N–H and O–H groups in total. The van der Waals surface area contributed by atoms with Crippen molar-refractivity contribution in [3.63, 3.8) is 0 Å². The molecule has 4 nitrogen and oxygen atoms in total. The van der Waals surface area contributed by atoms with E-state index in [1.165, 1.54) is 17.4 Å². The third kappa shape index (κ3) is 2.98. The van der Waals surface area contributed by atoms with Gasteiger partial charge in [0.15, 0.2) is 0 Å². The number of halogens is 2. The zero-order chi connectivity index (χ0) is 14.9. The summed E-state index contributed by atoms with van der Waals surface area (Å²) in [5.74, 6) is -0.355. The van der Waals surface area contributed by atoms with Crippen LogP contribution in [0, 0.1) is 11.7 Å². The van der Waals surface area contributed by atoms with Gasteiger partial charge in [-0.2, -0.15) is 0 Å². The second-order valence-electron chi connectivity index (χ2n) is 5.16. The highest BCUT2D eigenvalue weighted by Gasteiger charge is 2.27. The molecule has 20 heavy (non-hydrogen) atoms. The van der Waals surface area contributed by atoms with E-state index in [2.05, 4.69) is 0 Å². The molecule has 1 aliphatic carbocycles. The van der Waals surface area contributed by atoms with Crippen molar-refractivity contribution in [1.82, 2.24) is 4.31 Å². The number of sulfonamides is 1. The Morgan fingerprint density at radius 2 is 2.10 bits per heavy atom. The van der Waals surface area contributed by atoms with Crippen molar-refractivity contribution in [1.29, 1.82) is 0 Å². The van der Waals surface area contributed by atoms with E-state index in [1.54, 1.807) is 0 Å². The van der Waals surface area contributed by atoms with Crippen LogP contribution in [0.3, 0.4) is 0 Å². The van der Waals surface area contributed by atoms with Gasteiger partial charge in [0.25, 0.3) is 0 Å². The first-order valence-corrected chi connectivity index (χ1v) is 8.32. The van der Waals surface area contributed by atoms with E-state index in [0.717, 1.165) is 25.3 Å². The van der Waals surface area contributed by atoms with E-state index >= 15 is 0 Å². The monoisotopic (exact) mass is 320 g/mol. The predicted molar refractivity (Wildman–Crippen MR) is 76.5 cm³/mol. The van der Waals surface area contributed by atoms with E-state index in [1.807, 2.05) is 0 Å². The maximum atomic E-state index is 13.7. The van der Waals surface area contributed by atoms with Crippen LogP contribution >= 0.6 is 11.6 Å². The molecule has 1 saturated carbocycles. The lowest BCUT2D eigenvalue weighted by Gasteiger charge is -2.29. The van der Waals surface area contributed by atoms with Crippen molar-refractivity contribution in [3.8, 4) is 0 Å². The molecule has 1 fully saturated rings. The molecule has 0 amide bonds. The van der Waals surface area contributed by atoms with Crippen LogP contribution in [0.25, 0.3) is 0 Å². The molecule has 0 atom stereocenters. The Kier molecular flexibility index (Phi) is 4.69. The quantitative estimate of drug-likeness (QED) is 0.906. The minimum atomic E-state index is -3.70. The fourth-order valence-corrected chi connectivity index (χ4v) is 3.73. The van der Waals surface area contributed by atoms with Crippen molar-refractivity contribution in [2.24, 2.45) is 11.7 Å². The first-order chi connectivity index (χ1) is 9.36. The fraction of sp³-hybridized carbons (Fsp3) is 0.538. The van der Waals surface area contributed by atoms with Crippen LogP contribution in [0.1, 0.15) is 24.8 Å². The molecular weight excluding hydrogens is 303 g/mol. The lowest BCUT2D eigenvalue weighted by molar-refractivity contribution is 0.263. The van der Waals surface area contributed by atoms with Gasteiger partial charge >= 0.3 is 0 Å². The van der Waals surface area contributed by atoms with Gasteiger partial charge in [-0.05, 0) is 36.5 Å². The third-order valence-electron chi connectivity index (χ3n) is 3.75. The van der Waals surface area contributed by atoms with E-state index in [0.29, 0.717) is 18.0 Å². The van der Waals surface area contributed by atoms with E-state index < -0.39 is 15.8 Å². The van der Waals surface area contributed by atoms with Crippen LogP contribution < -0.4 is 5.73 Å². The summed E-state index contributed by atoms with van der Waals surface area (Å²) < 4.78 is 39.8. The third-order valence-corrected chi connectivity index (χ3v) is 5.97. The first kappa shape index (κ1) is 15.7. The molecule has 0 radical (unpaired) electrons. The maximum Gasteiger partial charge on any atom is 0.242 e. The Balaban J connectivity index is 2.30. The Bertz CT molecular complexity index is 603. The molecule has 7 heteroatoms. The van der Waals surface area contributed by atoms with Crippen molar-refractivity contribution < 1.29 is 12.8 Å². The van der Waals surface area contributed by atoms with Gasteiger partial charge in [0, 0.05) is 20.1 Å². The smallest absolute Gasteiger partial charge is 0.242 e. The zero-order valence-corrected chi connectivity index (χ0v) is 12.8. The van der Waals surface area contributed by atoms with Crippen molar-refractivity contribution in [2.45, 2.75) is 30.7 Å². The summed E-state index contributed by atoms with van der Waals surface area (Å²) >= 11 is 5.75. The van der Waals surface area contributed by atoms with Crippen molar-refractivity contribution in [2.75, 3.05) is 13.6 Å². The highest BCUT2D eigenvalue weighted by atomic mass is 35.5.